The summed E-state index contributed by atoms with van der Waals surface area (Å²) in [5.74, 6) is 0.755. The Hall–Kier alpha value is -4.36. The second-order valence-electron chi connectivity index (χ2n) is 9.71. The Morgan fingerprint density at radius 2 is 1.72 bits per heavy atom. The molecule has 176 valence electrons. The summed E-state index contributed by atoms with van der Waals surface area (Å²) >= 11 is 0. The summed E-state index contributed by atoms with van der Waals surface area (Å²) in [5.41, 5.74) is 15.3. The van der Waals surface area contributed by atoms with Crippen molar-refractivity contribution in [2.45, 2.75) is 31.7 Å². The number of rotatable bonds is 4. The quantitative estimate of drug-likeness (QED) is 0.346. The Labute approximate surface area is 208 Å². The predicted molar refractivity (Wildman–Crippen MR) is 141 cm³/mol. The molecule has 2 aromatic carbocycles. The largest absolute Gasteiger partial charge is 0.321 e. The first-order valence-corrected chi connectivity index (χ1v) is 12.2. The number of benzene rings is 2. The molecule has 6 aromatic rings. The van der Waals surface area contributed by atoms with E-state index in [-0.39, 0.29) is 5.54 Å². The highest BCUT2D eigenvalue weighted by atomic mass is 15.3. The van der Waals surface area contributed by atoms with Crippen LogP contribution in [0.2, 0.25) is 0 Å². The summed E-state index contributed by atoms with van der Waals surface area (Å²) in [6.45, 7) is 1.98. The number of aryl methyl sites for hydroxylation is 1. The summed E-state index contributed by atoms with van der Waals surface area (Å²) in [6.07, 6.45) is 7.05. The zero-order valence-electron chi connectivity index (χ0n) is 19.9. The van der Waals surface area contributed by atoms with Crippen LogP contribution in [0.15, 0.2) is 79.1 Å². The molecule has 7 nitrogen and oxygen atoms in total. The fraction of sp³-hybridized carbons (Fsp3) is 0.172. The molecule has 0 spiro atoms. The SMILES string of the molecule is Cc1[nH]ncc1-c1nnc2c3cc(-c4ccccc4)c(-c4ccc(C5(N)CCC5)cc4)nc3ccn12. The Morgan fingerprint density at radius 3 is 2.42 bits per heavy atom. The van der Waals surface area contributed by atoms with Gasteiger partial charge in [0.25, 0.3) is 0 Å². The number of hydrogen-bond donors (Lipinski definition) is 2. The molecule has 1 fully saturated rings. The van der Waals surface area contributed by atoms with Gasteiger partial charge in [0.15, 0.2) is 11.5 Å². The van der Waals surface area contributed by atoms with Crippen LogP contribution in [0, 0.1) is 6.92 Å². The molecule has 1 saturated carbocycles. The van der Waals surface area contributed by atoms with Gasteiger partial charge in [-0.3, -0.25) is 9.50 Å². The summed E-state index contributed by atoms with van der Waals surface area (Å²) < 4.78 is 2.00. The standard InChI is InChI=1S/C29H25N7/c1-18-24(17-31-33-18)28-35-34-27-23-16-22(19-6-3-2-4-7-19)26(32-25(23)12-15-36(27)28)20-8-10-21(11-9-20)29(30)13-5-14-29/h2-4,6-12,15-17H,5,13-14,30H2,1H3,(H,31,33). The lowest BCUT2D eigenvalue weighted by molar-refractivity contribution is 0.253. The van der Waals surface area contributed by atoms with Crippen molar-refractivity contribution in [1.29, 1.82) is 0 Å². The molecule has 0 unspecified atom stereocenters. The molecule has 1 aliphatic rings. The van der Waals surface area contributed by atoms with E-state index in [9.17, 15) is 0 Å². The molecule has 3 N–H and O–H groups in total. The van der Waals surface area contributed by atoms with Crippen molar-refractivity contribution in [2.24, 2.45) is 5.73 Å². The Morgan fingerprint density at radius 1 is 0.917 bits per heavy atom. The summed E-state index contributed by atoms with van der Waals surface area (Å²) in [4.78, 5) is 5.16. The molecule has 0 aliphatic heterocycles. The van der Waals surface area contributed by atoms with E-state index in [1.165, 1.54) is 12.0 Å². The van der Waals surface area contributed by atoms with Gasteiger partial charge >= 0.3 is 0 Å². The topological polar surface area (TPSA) is 97.8 Å². The maximum absolute atomic E-state index is 6.57. The monoisotopic (exact) mass is 471 g/mol. The highest BCUT2D eigenvalue weighted by molar-refractivity contribution is 5.98. The summed E-state index contributed by atoms with van der Waals surface area (Å²) in [6, 6.07) is 23.2. The number of nitrogens with one attached hydrogen (secondary N) is 1. The maximum Gasteiger partial charge on any atom is 0.171 e. The van der Waals surface area contributed by atoms with Crippen molar-refractivity contribution < 1.29 is 0 Å². The third kappa shape index (κ3) is 3.17. The van der Waals surface area contributed by atoms with Crippen LogP contribution in [0.25, 0.3) is 50.3 Å². The van der Waals surface area contributed by atoms with Gasteiger partial charge in [-0.05, 0) is 49.4 Å². The van der Waals surface area contributed by atoms with E-state index in [1.807, 2.05) is 29.7 Å². The molecule has 0 radical (unpaired) electrons. The molecular formula is C29H25N7. The van der Waals surface area contributed by atoms with E-state index < -0.39 is 0 Å². The number of fused-ring (bicyclic) bond motifs is 3. The average Bonchev–Trinajstić information content (AvgIpc) is 3.53. The van der Waals surface area contributed by atoms with Gasteiger partial charge in [-0.2, -0.15) is 5.10 Å². The van der Waals surface area contributed by atoms with E-state index in [1.54, 1.807) is 6.20 Å². The maximum atomic E-state index is 6.57. The smallest absolute Gasteiger partial charge is 0.171 e. The third-order valence-electron chi connectivity index (χ3n) is 7.50. The molecule has 7 rings (SSSR count). The van der Waals surface area contributed by atoms with Crippen molar-refractivity contribution in [3.63, 3.8) is 0 Å². The number of aromatic nitrogens is 6. The van der Waals surface area contributed by atoms with Crippen LogP contribution >= 0.6 is 0 Å². The molecule has 4 heterocycles. The predicted octanol–water partition coefficient (Wildman–Crippen LogP) is 5.65. The van der Waals surface area contributed by atoms with E-state index in [4.69, 9.17) is 10.7 Å². The van der Waals surface area contributed by atoms with E-state index in [0.717, 1.165) is 68.9 Å². The van der Waals surface area contributed by atoms with Gasteiger partial charge in [-0.25, -0.2) is 4.98 Å². The number of hydrogen-bond acceptors (Lipinski definition) is 5. The first-order valence-electron chi connectivity index (χ1n) is 12.2. The second kappa shape index (κ2) is 7.83. The van der Waals surface area contributed by atoms with Crippen molar-refractivity contribution in [1.82, 2.24) is 29.8 Å². The minimum Gasteiger partial charge on any atom is -0.321 e. The first-order chi connectivity index (χ1) is 17.6. The van der Waals surface area contributed by atoms with Crippen LogP contribution in [0.1, 0.15) is 30.5 Å². The highest BCUT2D eigenvalue weighted by Crippen LogP contribution is 2.40. The number of H-pyrrole nitrogens is 1. The van der Waals surface area contributed by atoms with Crippen LogP contribution in [0.3, 0.4) is 0 Å². The van der Waals surface area contributed by atoms with Crippen LogP contribution in [-0.2, 0) is 5.54 Å². The number of aromatic amines is 1. The molecule has 0 saturated heterocycles. The second-order valence-corrected chi connectivity index (χ2v) is 9.71. The minimum absolute atomic E-state index is 0.179. The highest BCUT2D eigenvalue weighted by Gasteiger charge is 2.34. The zero-order chi connectivity index (χ0) is 24.3. The minimum atomic E-state index is -0.179. The van der Waals surface area contributed by atoms with Crippen molar-refractivity contribution in [3.05, 3.63) is 90.4 Å². The molecule has 4 aromatic heterocycles. The summed E-state index contributed by atoms with van der Waals surface area (Å²) in [5, 5.41) is 17.1. The van der Waals surface area contributed by atoms with Crippen molar-refractivity contribution in [2.75, 3.05) is 0 Å². The molecule has 0 bridgehead atoms. The molecule has 0 amide bonds. The number of nitrogens with two attached hydrogens (primary N) is 1. The molecule has 1 aliphatic carbocycles. The van der Waals surface area contributed by atoms with Crippen LogP contribution in [0.4, 0.5) is 0 Å². The van der Waals surface area contributed by atoms with Gasteiger partial charge in [0, 0.05) is 33.9 Å². The molecule has 36 heavy (non-hydrogen) atoms. The third-order valence-corrected chi connectivity index (χ3v) is 7.50. The van der Waals surface area contributed by atoms with E-state index in [0.29, 0.717) is 0 Å². The zero-order valence-corrected chi connectivity index (χ0v) is 19.9. The van der Waals surface area contributed by atoms with Gasteiger partial charge in [0.2, 0.25) is 0 Å². The van der Waals surface area contributed by atoms with Crippen LogP contribution in [-0.4, -0.2) is 29.8 Å². The lowest BCUT2D eigenvalue weighted by atomic mass is 9.72. The van der Waals surface area contributed by atoms with Gasteiger partial charge in [-0.1, -0.05) is 54.6 Å². The van der Waals surface area contributed by atoms with Gasteiger partial charge in [0.05, 0.1) is 23.0 Å². The molecular weight excluding hydrogens is 446 g/mol. The Kier molecular flexibility index (Phi) is 4.56. The number of nitrogens with zero attached hydrogens (tertiary/aromatic N) is 5. The van der Waals surface area contributed by atoms with Gasteiger partial charge < -0.3 is 5.73 Å². The Balaban J connectivity index is 1.43. The van der Waals surface area contributed by atoms with Crippen LogP contribution in [0.5, 0.6) is 0 Å². The lowest BCUT2D eigenvalue weighted by Gasteiger charge is -2.38. The first kappa shape index (κ1) is 21.0. The fourth-order valence-corrected chi connectivity index (χ4v) is 5.22. The van der Waals surface area contributed by atoms with Crippen LogP contribution < -0.4 is 5.73 Å². The fourth-order valence-electron chi connectivity index (χ4n) is 5.22. The normalized spacial score (nSPS) is 14.8. The van der Waals surface area contributed by atoms with Crippen molar-refractivity contribution >= 4 is 16.6 Å². The molecule has 7 heteroatoms. The Bertz CT molecular complexity index is 1730. The molecule has 0 atom stereocenters. The van der Waals surface area contributed by atoms with Crippen molar-refractivity contribution in [3.8, 4) is 33.8 Å². The van der Waals surface area contributed by atoms with Gasteiger partial charge in [0.1, 0.15) is 0 Å². The summed E-state index contributed by atoms with van der Waals surface area (Å²) in [7, 11) is 0. The number of pyridine rings is 2. The van der Waals surface area contributed by atoms with Gasteiger partial charge in [-0.15, -0.1) is 10.2 Å². The average molecular weight is 472 g/mol. The van der Waals surface area contributed by atoms with E-state index in [2.05, 4.69) is 75.0 Å². The van der Waals surface area contributed by atoms with E-state index >= 15 is 0 Å². The lowest BCUT2D eigenvalue weighted by Crippen LogP contribution is -2.43.